The van der Waals surface area contributed by atoms with Crippen LogP contribution in [0.4, 0.5) is 0 Å². The highest BCUT2D eigenvalue weighted by Crippen LogP contribution is 2.28. The first-order chi connectivity index (χ1) is 7.70. The van der Waals surface area contributed by atoms with Gasteiger partial charge in [0.1, 0.15) is 11.7 Å². The van der Waals surface area contributed by atoms with E-state index >= 15 is 0 Å². The third kappa shape index (κ3) is 2.43. The van der Waals surface area contributed by atoms with Crippen LogP contribution < -0.4 is 0 Å². The Bertz CT molecular complexity index is 495. The van der Waals surface area contributed by atoms with Crippen molar-refractivity contribution >= 4 is 41.0 Å². The van der Waals surface area contributed by atoms with Crippen molar-refractivity contribution < 1.29 is 4.79 Å². The highest BCUT2D eigenvalue weighted by Gasteiger charge is 2.11. The second-order valence-electron chi connectivity index (χ2n) is 3.16. The van der Waals surface area contributed by atoms with Gasteiger partial charge < -0.3 is 4.79 Å². The van der Waals surface area contributed by atoms with Crippen molar-refractivity contribution in [3.8, 4) is 11.3 Å². The first-order valence-electron chi connectivity index (χ1n) is 4.52. The minimum Gasteiger partial charge on any atom is -0.301 e. The van der Waals surface area contributed by atoms with E-state index in [1.165, 1.54) is 11.5 Å². The molecular formula is C11H7Cl2NOS. The van der Waals surface area contributed by atoms with Gasteiger partial charge in [0.05, 0.1) is 10.6 Å². The lowest BCUT2D eigenvalue weighted by molar-refractivity contribution is -0.107. The third-order valence-corrected chi connectivity index (χ3v) is 3.65. The van der Waals surface area contributed by atoms with E-state index < -0.39 is 5.38 Å². The molecule has 1 aromatic carbocycles. The molecule has 5 heteroatoms. The molecule has 0 aliphatic carbocycles. The molecule has 0 aliphatic rings. The normalized spacial score (nSPS) is 12.4. The Labute approximate surface area is 107 Å². The quantitative estimate of drug-likeness (QED) is 0.625. The Hall–Kier alpha value is -0.900. The largest absolute Gasteiger partial charge is 0.301 e. The van der Waals surface area contributed by atoms with Gasteiger partial charge in [0.15, 0.2) is 0 Å². The molecule has 1 heterocycles. The molecule has 2 aromatic rings. The Balaban J connectivity index is 2.31. The van der Waals surface area contributed by atoms with Gasteiger partial charge in [-0.1, -0.05) is 23.7 Å². The molecule has 82 valence electrons. The maximum Gasteiger partial charge on any atom is 0.143 e. The average molecular weight is 272 g/mol. The molecule has 2 rings (SSSR count). The van der Waals surface area contributed by atoms with Gasteiger partial charge >= 0.3 is 0 Å². The minimum absolute atomic E-state index is 0.612. The van der Waals surface area contributed by atoms with Crippen molar-refractivity contribution in [3.63, 3.8) is 0 Å². The van der Waals surface area contributed by atoms with E-state index in [-0.39, 0.29) is 0 Å². The number of rotatable bonds is 3. The number of benzene rings is 1. The standard InChI is InChI=1S/C11H7Cl2NOS/c12-8-3-1-7(2-4-8)10-5-11(16-14-10)9(13)6-15/h1-6,9H. The van der Waals surface area contributed by atoms with Crippen LogP contribution >= 0.6 is 34.7 Å². The van der Waals surface area contributed by atoms with Crippen molar-refractivity contribution in [2.45, 2.75) is 5.38 Å². The fourth-order valence-corrected chi connectivity index (χ4v) is 2.23. The van der Waals surface area contributed by atoms with Crippen LogP contribution in [-0.4, -0.2) is 10.7 Å². The zero-order chi connectivity index (χ0) is 11.5. The van der Waals surface area contributed by atoms with Gasteiger partial charge in [-0.3, -0.25) is 0 Å². The van der Waals surface area contributed by atoms with E-state index in [2.05, 4.69) is 4.37 Å². The first kappa shape index (κ1) is 11.6. The summed E-state index contributed by atoms with van der Waals surface area (Å²) in [5.41, 5.74) is 1.77. The summed E-state index contributed by atoms with van der Waals surface area (Å²) in [5, 5.41) is 0.0702. The molecule has 0 amide bonds. The number of carbonyl (C=O) groups excluding carboxylic acids is 1. The second-order valence-corrected chi connectivity index (χ2v) is 4.90. The molecule has 0 N–H and O–H groups in total. The highest BCUT2D eigenvalue weighted by molar-refractivity contribution is 7.06. The molecular weight excluding hydrogens is 265 g/mol. The fourth-order valence-electron chi connectivity index (χ4n) is 1.24. The summed E-state index contributed by atoms with van der Waals surface area (Å²) < 4.78 is 4.24. The average Bonchev–Trinajstić information content (AvgIpc) is 2.78. The van der Waals surface area contributed by atoms with Crippen LogP contribution in [0.3, 0.4) is 0 Å². The molecule has 1 atom stereocenters. The number of alkyl halides is 1. The number of aromatic nitrogens is 1. The molecule has 0 saturated carbocycles. The SMILES string of the molecule is O=CC(Cl)c1cc(-c2ccc(Cl)cc2)ns1. The lowest BCUT2D eigenvalue weighted by Gasteiger charge is -1.96. The van der Waals surface area contributed by atoms with Crippen LogP contribution in [0.2, 0.25) is 5.02 Å². The van der Waals surface area contributed by atoms with E-state index in [1.807, 2.05) is 18.2 Å². The highest BCUT2D eigenvalue weighted by atomic mass is 35.5. The number of hydrogen-bond acceptors (Lipinski definition) is 3. The van der Waals surface area contributed by atoms with Gasteiger partial charge in [-0.2, -0.15) is 4.37 Å². The fraction of sp³-hybridized carbons (Fsp3) is 0.0909. The molecule has 1 aromatic heterocycles. The van der Waals surface area contributed by atoms with Gasteiger partial charge in [-0.05, 0) is 29.7 Å². The van der Waals surface area contributed by atoms with E-state index in [9.17, 15) is 4.79 Å². The molecule has 0 radical (unpaired) electrons. The molecule has 0 spiro atoms. The molecule has 2 nitrogen and oxygen atoms in total. The molecule has 0 aliphatic heterocycles. The zero-order valence-electron chi connectivity index (χ0n) is 8.06. The zero-order valence-corrected chi connectivity index (χ0v) is 10.4. The topological polar surface area (TPSA) is 30.0 Å². The van der Waals surface area contributed by atoms with E-state index in [0.717, 1.165) is 16.1 Å². The summed E-state index contributed by atoms with van der Waals surface area (Å²) >= 11 is 12.8. The van der Waals surface area contributed by atoms with Crippen LogP contribution in [0.1, 0.15) is 10.3 Å². The number of aldehydes is 1. The van der Waals surface area contributed by atoms with Crippen molar-refractivity contribution in [1.82, 2.24) is 4.37 Å². The third-order valence-electron chi connectivity index (χ3n) is 2.06. The van der Waals surface area contributed by atoms with Crippen LogP contribution in [0.15, 0.2) is 30.3 Å². The Morgan fingerprint density at radius 3 is 2.62 bits per heavy atom. The van der Waals surface area contributed by atoms with E-state index in [1.54, 1.807) is 12.1 Å². The maximum atomic E-state index is 10.5. The van der Waals surface area contributed by atoms with E-state index in [4.69, 9.17) is 23.2 Å². The van der Waals surface area contributed by atoms with Crippen LogP contribution in [-0.2, 0) is 4.79 Å². The Kier molecular flexibility index (Phi) is 3.59. The first-order valence-corrected chi connectivity index (χ1v) is 6.11. The summed E-state index contributed by atoms with van der Waals surface area (Å²) in [4.78, 5) is 11.3. The van der Waals surface area contributed by atoms with Crippen molar-refractivity contribution in [1.29, 1.82) is 0 Å². The van der Waals surface area contributed by atoms with Crippen LogP contribution in [0.25, 0.3) is 11.3 Å². The second kappa shape index (κ2) is 4.95. The smallest absolute Gasteiger partial charge is 0.143 e. The monoisotopic (exact) mass is 271 g/mol. The van der Waals surface area contributed by atoms with Gasteiger partial charge in [0, 0.05) is 10.6 Å². The van der Waals surface area contributed by atoms with Crippen molar-refractivity contribution in [3.05, 3.63) is 40.2 Å². The number of hydrogen-bond donors (Lipinski definition) is 0. The van der Waals surface area contributed by atoms with Gasteiger partial charge in [0.25, 0.3) is 0 Å². The summed E-state index contributed by atoms with van der Waals surface area (Å²) in [6.45, 7) is 0. The molecule has 0 fully saturated rings. The Morgan fingerprint density at radius 2 is 2.00 bits per heavy atom. The van der Waals surface area contributed by atoms with Gasteiger partial charge in [-0.15, -0.1) is 11.6 Å². The summed E-state index contributed by atoms with van der Waals surface area (Å²) in [6, 6.07) is 9.18. The lowest BCUT2D eigenvalue weighted by Crippen LogP contribution is -1.85. The predicted molar refractivity (Wildman–Crippen MR) is 67.2 cm³/mol. The molecule has 0 bridgehead atoms. The number of halogens is 2. The minimum atomic E-state index is -0.612. The molecule has 0 saturated heterocycles. The van der Waals surface area contributed by atoms with Gasteiger partial charge in [0.2, 0.25) is 0 Å². The summed E-state index contributed by atoms with van der Waals surface area (Å²) in [6.07, 6.45) is 0.695. The lowest BCUT2D eigenvalue weighted by atomic mass is 10.1. The number of nitrogens with zero attached hydrogens (tertiary/aromatic N) is 1. The van der Waals surface area contributed by atoms with Gasteiger partial charge in [-0.25, -0.2) is 0 Å². The van der Waals surface area contributed by atoms with Crippen LogP contribution in [0.5, 0.6) is 0 Å². The molecule has 1 unspecified atom stereocenters. The van der Waals surface area contributed by atoms with Crippen molar-refractivity contribution in [2.24, 2.45) is 0 Å². The molecule has 16 heavy (non-hydrogen) atoms. The van der Waals surface area contributed by atoms with Crippen molar-refractivity contribution in [2.75, 3.05) is 0 Å². The maximum absolute atomic E-state index is 10.5. The Morgan fingerprint density at radius 1 is 1.31 bits per heavy atom. The summed E-state index contributed by atoms with van der Waals surface area (Å²) in [7, 11) is 0. The predicted octanol–water partition coefficient (Wildman–Crippen LogP) is 3.94. The van der Waals surface area contributed by atoms with E-state index in [0.29, 0.717) is 11.3 Å². The summed E-state index contributed by atoms with van der Waals surface area (Å²) in [5.74, 6) is 0. The number of carbonyl (C=O) groups is 1. The van der Waals surface area contributed by atoms with Crippen LogP contribution in [0, 0.1) is 0 Å².